The first-order valence-electron chi connectivity index (χ1n) is 9.54. The van der Waals surface area contributed by atoms with E-state index < -0.39 is 0 Å². The number of hydrogen-bond donors (Lipinski definition) is 2. The minimum absolute atomic E-state index is 0.126. The third-order valence-electron chi connectivity index (χ3n) is 4.65. The second-order valence-electron chi connectivity index (χ2n) is 6.82. The van der Waals surface area contributed by atoms with Gasteiger partial charge in [0.15, 0.2) is 0 Å². The van der Waals surface area contributed by atoms with E-state index in [4.69, 9.17) is 4.74 Å². The molecule has 1 aliphatic rings. The maximum Gasteiger partial charge on any atom is 0.257 e. The molecule has 1 fully saturated rings. The molecule has 1 amide bonds. The van der Waals surface area contributed by atoms with Gasteiger partial charge in [-0.2, -0.15) is 0 Å². The lowest BCUT2D eigenvalue weighted by Gasteiger charge is -2.14. The predicted molar refractivity (Wildman–Crippen MR) is 109 cm³/mol. The molecule has 1 aliphatic heterocycles. The monoisotopic (exact) mass is 365 g/mol. The van der Waals surface area contributed by atoms with Crippen LogP contribution in [0.15, 0.2) is 53.5 Å². The average Bonchev–Trinajstić information content (AvgIpc) is 3.21. The van der Waals surface area contributed by atoms with Crippen LogP contribution in [0, 0.1) is 6.92 Å². The van der Waals surface area contributed by atoms with Crippen LogP contribution in [0.3, 0.4) is 0 Å². The highest BCUT2D eigenvalue weighted by Crippen LogP contribution is 2.13. The maximum absolute atomic E-state index is 12.6. The third kappa shape index (κ3) is 5.66. The van der Waals surface area contributed by atoms with Crippen LogP contribution < -0.4 is 10.6 Å². The zero-order valence-electron chi connectivity index (χ0n) is 16.0. The molecule has 0 unspecified atom stereocenters. The number of carbonyl (C=O) groups excluding carboxylic acids is 1. The van der Waals surface area contributed by atoms with Crippen molar-refractivity contribution in [2.24, 2.45) is 4.99 Å². The number of aliphatic imine (C=N–C) groups is 1. The van der Waals surface area contributed by atoms with Crippen LogP contribution in [0.2, 0.25) is 0 Å². The number of aryl methyl sites for hydroxylation is 2. The summed E-state index contributed by atoms with van der Waals surface area (Å²) in [5.74, 6) is 0.266. The van der Waals surface area contributed by atoms with E-state index in [-0.39, 0.29) is 12.0 Å². The van der Waals surface area contributed by atoms with Crippen molar-refractivity contribution >= 4 is 17.6 Å². The Morgan fingerprint density at radius 3 is 2.52 bits per heavy atom. The van der Waals surface area contributed by atoms with Gasteiger partial charge in [-0.25, -0.2) is 4.99 Å². The highest BCUT2D eigenvalue weighted by Gasteiger charge is 2.16. The van der Waals surface area contributed by atoms with Crippen molar-refractivity contribution in [2.45, 2.75) is 39.2 Å². The fourth-order valence-electron chi connectivity index (χ4n) is 2.94. The molecule has 0 saturated carbocycles. The first-order chi connectivity index (χ1) is 13.1. The molecule has 0 radical (unpaired) electrons. The number of carbonyl (C=O) groups is 1. The summed E-state index contributed by atoms with van der Waals surface area (Å²) in [5.41, 5.74) is 3.88. The summed E-state index contributed by atoms with van der Waals surface area (Å²) in [4.78, 5) is 17.2. The highest BCUT2D eigenvalue weighted by molar-refractivity contribution is 6.09. The average molecular weight is 365 g/mol. The van der Waals surface area contributed by atoms with Crippen LogP contribution in [0.25, 0.3) is 0 Å². The minimum atomic E-state index is -0.177. The first-order valence-corrected chi connectivity index (χ1v) is 9.54. The third-order valence-corrected chi connectivity index (χ3v) is 4.65. The second kappa shape index (κ2) is 9.33. The van der Waals surface area contributed by atoms with Crippen molar-refractivity contribution in [1.82, 2.24) is 5.32 Å². The molecule has 1 atom stereocenters. The number of anilines is 1. The largest absolute Gasteiger partial charge is 0.376 e. The molecule has 0 bridgehead atoms. The van der Waals surface area contributed by atoms with E-state index in [0.717, 1.165) is 31.6 Å². The minimum Gasteiger partial charge on any atom is -0.376 e. The number of rotatable bonds is 5. The molecular weight excluding hydrogens is 338 g/mol. The summed E-state index contributed by atoms with van der Waals surface area (Å²) >= 11 is 0. The quantitative estimate of drug-likeness (QED) is 0.623. The Morgan fingerprint density at radius 2 is 1.89 bits per heavy atom. The summed E-state index contributed by atoms with van der Waals surface area (Å²) < 4.78 is 5.64. The maximum atomic E-state index is 12.6. The van der Waals surface area contributed by atoms with Crippen LogP contribution >= 0.6 is 0 Å². The fraction of sp³-hybridized carbons (Fsp3) is 0.364. The van der Waals surface area contributed by atoms with Crippen molar-refractivity contribution in [3.8, 4) is 0 Å². The molecular formula is C22H27N3O2. The van der Waals surface area contributed by atoms with Gasteiger partial charge >= 0.3 is 0 Å². The summed E-state index contributed by atoms with van der Waals surface area (Å²) in [6.07, 6.45) is 3.15. The van der Waals surface area contributed by atoms with Gasteiger partial charge in [0.05, 0.1) is 12.6 Å². The normalized spacial score (nSPS) is 17.0. The summed E-state index contributed by atoms with van der Waals surface area (Å²) in [5, 5.41) is 6.12. The summed E-state index contributed by atoms with van der Waals surface area (Å²) in [7, 11) is 0. The van der Waals surface area contributed by atoms with Crippen molar-refractivity contribution in [3.05, 3.63) is 65.2 Å². The van der Waals surface area contributed by atoms with E-state index in [2.05, 4.69) is 22.5 Å². The Hall–Kier alpha value is -2.66. The van der Waals surface area contributed by atoms with Crippen molar-refractivity contribution in [3.63, 3.8) is 0 Å². The summed E-state index contributed by atoms with van der Waals surface area (Å²) in [6.45, 7) is 5.45. The van der Waals surface area contributed by atoms with Crippen LogP contribution in [0.5, 0.6) is 0 Å². The predicted octanol–water partition coefficient (Wildman–Crippen LogP) is 3.93. The van der Waals surface area contributed by atoms with Gasteiger partial charge in [0.25, 0.3) is 5.91 Å². The van der Waals surface area contributed by atoms with Gasteiger partial charge in [-0.1, -0.05) is 36.8 Å². The van der Waals surface area contributed by atoms with Crippen molar-refractivity contribution in [1.29, 1.82) is 0 Å². The molecule has 0 spiro atoms. The molecule has 2 aromatic rings. The lowest BCUT2D eigenvalue weighted by atomic mass is 10.1. The van der Waals surface area contributed by atoms with E-state index in [0.29, 0.717) is 18.1 Å². The first kappa shape index (κ1) is 19.1. The number of amides is 1. The number of ether oxygens (including phenoxy) is 1. The molecule has 1 saturated heterocycles. The van der Waals surface area contributed by atoms with Gasteiger partial charge in [-0.15, -0.1) is 0 Å². The number of benzene rings is 2. The van der Waals surface area contributed by atoms with Crippen LogP contribution in [0.4, 0.5) is 5.69 Å². The van der Waals surface area contributed by atoms with E-state index in [1.807, 2.05) is 55.5 Å². The van der Waals surface area contributed by atoms with Gasteiger partial charge < -0.3 is 10.1 Å². The van der Waals surface area contributed by atoms with Crippen molar-refractivity contribution < 1.29 is 9.53 Å². The van der Waals surface area contributed by atoms with Gasteiger partial charge in [-0.3, -0.25) is 10.1 Å². The number of nitrogens with zero attached hydrogens (tertiary/aromatic N) is 1. The molecule has 5 heteroatoms. The standard InChI is InChI=1S/C22H27N3O2/c1-3-17-8-10-18(11-9-17)21(26)25-22(23-15-20-5-4-14-27-20)24-19-12-6-16(2)7-13-19/h6-13,20H,3-5,14-15H2,1-2H3,(H2,23,24,25,26)/t20-/m0/s1. The molecule has 5 nitrogen and oxygen atoms in total. The van der Waals surface area contributed by atoms with Gasteiger partial charge in [0, 0.05) is 17.9 Å². The molecule has 142 valence electrons. The Balaban J connectivity index is 1.71. The van der Waals surface area contributed by atoms with E-state index in [1.165, 1.54) is 11.1 Å². The Morgan fingerprint density at radius 1 is 1.15 bits per heavy atom. The Kier molecular flexibility index (Phi) is 6.60. The smallest absolute Gasteiger partial charge is 0.257 e. The molecule has 3 rings (SSSR count). The zero-order valence-corrected chi connectivity index (χ0v) is 16.0. The lowest BCUT2D eigenvalue weighted by Crippen LogP contribution is -2.36. The van der Waals surface area contributed by atoms with Gasteiger partial charge in [0.1, 0.15) is 0 Å². The molecule has 0 aliphatic carbocycles. The molecule has 2 aromatic carbocycles. The molecule has 1 heterocycles. The Labute approximate surface area is 160 Å². The number of nitrogens with one attached hydrogen (secondary N) is 2. The topological polar surface area (TPSA) is 62.7 Å². The number of hydrogen-bond acceptors (Lipinski definition) is 3. The van der Waals surface area contributed by atoms with Crippen LogP contribution in [-0.4, -0.2) is 31.1 Å². The number of guanidine groups is 1. The molecule has 0 aromatic heterocycles. The lowest BCUT2D eigenvalue weighted by molar-refractivity contribution is 0.0975. The van der Waals surface area contributed by atoms with E-state index >= 15 is 0 Å². The zero-order chi connectivity index (χ0) is 19.1. The van der Waals surface area contributed by atoms with Gasteiger partial charge in [0.2, 0.25) is 5.96 Å². The second-order valence-corrected chi connectivity index (χ2v) is 6.82. The SMILES string of the molecule is CCc1ccc(C(=O)NC(=NC[C@@H]2CCCO2)Nc2ccc(C)cc2)cc1. The van der Waals surface area contributed by atoms with E-state index in [1.54, 1.807) is 0 Å². The Bertz CT molecular complexity index is 776. The van der Waals surface area contributed by atoms with Crippen molar-refractivity contribution in [2.75, 3.05) is 18.5 Å². The fourth-order valence-corrected chi connectivity index (χ4v) is 2.94. The van der Waals surface area contributed by atoms with Gasteiger partial charge in [-0.05, 0) is 56.0 Å². The molecule has 27 heavy (non-hydrogen) atoms. The summed E-state index contributed by atoms with van der Waals surface area (Å²) in [6, 6.07) is 15.6. The van der Waals surface area contributed by atoms with E-state index in [9.17, 15) is 4.79 Å². The molecule has 2 N–H and O–H groups in total. The van der Waals surface area contributed by atoms with Crippen LogP contribution in [-0.2, 0) is 11.2 Å². The highest BCUT2D eigenvalue weighted by atomic mass is 16.5. The van der Waals surface area contributed by atoms with Crippen LogP contribution in [0.1, 0.15) is 41.3 Å².